The predicted octanol–water partition coefficient (Wildman–Crippen LogP) is 2.63. The molecule has 6 heteroatoms. The van der Waals surface area contributed by atoms with Crippen molar-refractivity contribution in [1.29, 1.82) is 0 Å². The van der Waals surface area contributed by atoms with Gasteiger partial charge in [-0.1, -0.05) is 0 Å². The highest BCUT2D eigenvalue weighted by Crippen LogP contribution is 2.19. The predicted molar refractivity (Wildman–Crippen MR) is 87.3 cm³/mol. The maximum Gasteiger partial charge on any atom is 0.242 e. The fourth-order valence-corrected chi connectivity index (χ4v) is 2.79. The zero-order valence-electron chi connectivity index (χ0n) is 13.3. The average Bonchev–Trinajstić information content (AvgIpc) is 2.50. The molecule has 0 fully saturated rings. The highest BCUT2D eigenvalue weighted by Gasteiger charge is 2.16. The lowest BCUT2D eigenvalue weighted by atomic mass is 10.3. The Morgan fingerprint density at radius 1 is 1.09 bits per heavy atom. The van der Waals surface area contributed by atoms with Crippen LogP contribution in [0.5, 0.6) is 0 Å². The van der Waals surface area contributed by atoms with Gasteiger partial charge in [0.25, 0.3) is 0 Å². The Hall–Kier alpha value is -1.56. The molecule has 1 rings (SSSR count). The van der Waals surface area contributed by atoms with E-state index in [0.29, 0.717) is 25.3 Å². The standard InChI is InChI=1S/C16H23FN2O2S/c1-4-19(5-2)16(21)12-18(3)15(20)10-11-22-14-8-6-13(17)7-9-14/h6-9H,4-5,10-12H2,1-3H3. The minimum absolute atomic E-state index is 0.0352. The fraction of sp³-hybridized carbons (Fsp3) is 0.500. The van der Waals surface area contributed by atoms with Gasteiger partial charge in [0.2, 0.25) is 11.8 Å². The van der Waals surface area contributed by atoms with E-state index in [2.05, 4.69) is 0 Å². The molecule has 0 aromatic heterocycles. The van der Waals surface area contributed by atoms with Crippen LogP contribution in [-0.4, -0.2) is 54.0 Å². The third-order valence-electron chi connectivity index (χ3n) is 3.31. The molecule has 0 bridgehead atoms. The first kappa shape index (κ1) is 18.5. The van der Waals surface area contributed by atoms with Gasteiger partial charge in [-0.15, -0.1) is 11.8 Å². The first-order valence-corrected chi connectivity index (χ1v) is 8.36. The number of benzene rings is 1. The lowest BCUT2D eigenvalue weighted by Gasteiger charge is -2.23. The normalized spacial score (nSPS) is 10.4. The van der Waals surface area contributed by atoms with E-state index in [4.69, 9.17) is 0 Å². The minimum Gasteiger partial charge on any atom is -0.342 e. The summed E-state index contributed by atoms with van der Waals surface area (Å²) in [4.78, 5) is 28.0. The summed E-state index contributed by atoms with van der Waals surface area (Å²) in [6.07, 6.45) is 0.351. The van der Waals surface area contributed by atoms with Gasteiger partial charge in [-0.2, -0.15) is 0 Å². The van der Waals surface area contributed by atoms with Crippen molar-refractivity contribution in [1.82, 2.24) is 9.80 Å². The smallest absolute Gasteiger partial charge is 0.242 e. The van der Waals surface area contributed by atoms with Crippen molar-refractivity contribution in [2.24, 2.45) is 0 Å². The Balaban J connectivity index is 2.35. The molecule has 2 amide bonds. The van der Waals surface area contributed by atoms with Crippen LogP contribution in [0.15, 0.2) is 29.2 Å². The molecule has 0 saturated carbocycles. The van der Waals surface area contributed by atoms with Crippen LogP contribution in [0.4, 0.5) is 4.39 Å². The van der Waals surface area contributed by atoms with Crippen LogP contribution < -0.4 is 0 Å². The van der Waals surface area contributed by atoms with Gasteiger partial charge in [-0.05, 0) is 38.1 Å². The molecule has 0 unspecified atom stereocenters. The molecule has 1 aromatic carbocycles. The van der Waals surface area contributed by atoms with E-state index in [1.807, 2.05) is 13.8 Å². The Morgan fingerprint density at radius 2 is 1.68 bits per heavy atom. The number of hydrogen-bond acceptors (Lipinski definition) is 3. The molecule has 4 nitrogen and oxygen atoms in total. The summed E-state index contributed by atoms with van der Waals surface area (Å²) in [5, 5.41) is 0. The molecule has 0 aliphatic rings. The Labute approximate surface area is 135 Å². The van der Waals surface area contributed by atoms with Gasteiger partial charge in [0.1, 0.15) is 5.82 Å². The molecule has 0 atom stereocenters. The molecule has 0 N–H and O–H groups in total. The van der Waals surface area contributed by atoms with Crippen molar-refractivity contribution in [3.63, 3.8) is 0 Å². The van der Waals surface area contributed by atoms with Crippen molar-refractivity contribution in [3.8, 4) is 0 Å². The number of rotatable bonds is 8. The van der Waals surface area contributed by atoms with Gasteiger partial charge >= 0.3 is 0 Å². The van der Waals surface area contributed by atoms with Gasteiger partial charge in [-0.25, -0.2) is 4.39 Å². The first-order chi connectivity index (χ1) is 10.5. The molecule has 0 aliphatic heterocycles. The van der Waals surface area contributed by atoms with Crippen LogP contribution in [0.3, 0.4) is 0 Å². The van der Waals surface area contributed by atoms with E-state index in [9.17, 15) is 14.0 Å². The Bertz CT molecular complexity index is 489. The maximum atomic E-state index is 12.8. The van der Waals surface area contributed by atoms with E-state index >= 15 is 0 Å². The van der Waals surface area contributed by atoms with Crippen molar-refractivity contribution >= 4 is 23.6 Å². The van der Waals surface area contributed by atoms with Crippen LogP contribution in [0.2, 0.25) is 0 Å². The second-order valence-electron chi connectivity index (χ2n) is 4.87. The molecule has 122 valence electrons. The van der Waals surface area contributed by atoms with Crippen molar-refractivity contribution in [2.45, 2.75) is 25.2 Å². The molecule has 0 radical (unpaired) electrons. The van der Waals surface area contributed by atoms with Crippen LogP contribution in [0.1, 0.15) is 20.3 Å². The number of amides is 2. The summed E-state index contributed by atoms with van der Waals surface area (Å²) in [7, 11) is 1.65. The first-order valence-electron chi connectivity index (χ1n) is 7.38. The van der Waals surface area contributed by atoms with Gasteiger partial charge in [0, 0.05) is 37.2 Å². The maximum absolute atomic E-state index is 12.8. The van der Waals surface area contributed by atoms with E-state index in [0.717, 1.165) is 4.90 Å². The zero-order valence-corrected chi connectivity index (χ0v) is 14.2. The number of carbonyl (C=O) groups is 2. The van der Waals surface area contributed by atoms with Crippen LogP contribution in [0, 0.1) is 5.82 Å². The second kappa shape index (κ2) is 9.46. The third kappa shape index (κ3) is 6.05. The van der Waals surface area contributed by atoms with Gasteiger partial charge in [0.05, 0.1) is 6.54 Å². The topological polar surface area (TPSA) is 40.6 Å². The molecular weight excluding hydrogens is 303 g/mol. The fourth-order valence-electron chi connectivity index (χ4n) is 1.95. The molecule has 1 aromatic rings. The largest absolute Gasteiger partial charge is 0.342 e. The summed E-state index contributed by atoms with van der Waals surface area (Å²) >= 11 is 1.50. The number of hydrogen-bond donors (Lipinski definition) is 0. The lowest BCUT2D eigenvalue weighted by molar-refractivity contribution is -0.138. The summed E-state index contributed by atoms with van der Waals surface area (Å²) < 4.78 is 12.8. The van der Waals surface area contributed by atoms with E-state index in [-0.39, 0.29) is 24.2 Å². The number of carbonyl (C=O) groups excluding carboxylic acids is 2. The number of nitrogens with zero attached hydrogens (tertiary/aromatic N) is 2. The van der Waals surface area contributed by atoms with Crippen LogP contribution in [0.25, 0.3) is 0 Å². The Kier molecular flexibility index (Phi) is 7.95. The molecule has 0 aliphatic carbocycles. The average molecular weight is 326 g/mol. The lowest BCUT2D eigenvalue weighted by Crippen LogP contribution is -2.41. The summed E-state index contributed by atoms with van der Waals surface area (Å²) in [5.41, 5.74) is 0. The van der Waals surface area contributed by atoms with Gasteiger partial charge < -0.3 is 9.80 Å². The SMILES string of the molecule is CCN(CC)C(=O)CN(C)C(=O)CCSc1ccc(F)cc1. The highest BCUT2D eigenvalue weighted by atomic mass is 32.2. The van der Waals surface area contributed by atoms with E-state index in [1.165, 1.54) is 28.8 Å². The summed E-state index contributed by atoms with van der Waals surface area (Å²) in [6.45, 7) is 5.25. The number of halogens is 1. The molecule has 0 spiro atoms. The molecule has 0 saturated heterocycles. The zero-order chi connectivity index (χ0) is 16.5. The van der Waals surface area contributed by atoms with Crippen molar-refractivity contribution < 1.29 is 14.0 Å². The highest BCUT2D eigenvalue weighted by molar-refractivity contribution is 7.99. The summed E-state index contributed by atoms with van der Waals surface area (Å²) in [6, 6.07) is 6.19. The monoisotopic (exact) mass is 326 g/mol. The van der Waals surface area contributed by atoms with Crippen molar-refractivity contribution in [2.75, 3.05) is 32.4 Å². The molecular formula is C16H23FN2O2S. The molecule has 22 heavy (non-hydrogen) atoms. The number of likely N-dealkylation sites (N-methyl/N-ethyl adjacent to an activating group) is 2. The molecule has 0 heterocycles. The van der Waals surface area contributed by atoms with E-state index < -0.39 is 0 Å². The Morgan fingerprint density at radius 3 is 2.23 bits per heavy atom. The van der Waals surface area contributed by atoms with E-state index in [1.54, 1.807) is 24.1 Å². The summed E-state index contributed by atoms with van der Waals surface area (Å²) in [5.74, 6) is 0.242. The van der Waals surface area contributed by atoms with Crippen molar-refractivity contribution in [3.05, 3.63) is 30.1 Å². The number of thioether (sulfide) groups is 1. The quantitative estimate of drug-likeness (QED) is 0.690. The van der Waals surface area contributed by atoms with Gasteiger partial charge in [0.15, 0.2) is 0 Å². The van der Waals surface area contributed by atoms with Gasteiger partial charge in [-0.3, -0.25) is 9.59 Å². The van der Waals surface area contributed by atoms with Crippen LogP contribution in [-0.2, 0) is 9.59 Å². The third-order valence-corrected chi connectivity index (χ3v) is 4.33. The second-order valence-corrected chi connectivity index (χ2v) is 6.04. The minimum atomic E-state index is -0.268. The van der Waals surface area contributed by atoms with Crippen LogP contribution >= 0.6 is 11.8 Å².